The highest BCUT2D eigenvalue weighted by molar-refractivity contribution is 4.63. The highest BCUT2D eigenvalue weighted by Crippen LogP contribution is 2.25. The van der Waals surface area contributed by atoms with Crippen LogP contribution in [0.1, 0.15) is 150 Å². The fourth-order valence-corrected chi connectivity index (χ4v) is 4.18. The summed E-state index contributed by atoms with van der Waals surface area (Å²) in [7, 11) is 0. The van der Waals surface area contributed by atoms with E-state index in [2.05, 4.69) is 27.7 Å². The highest BCUT2D eigenvalue weighted by atomic mass is 14.2. The lowest BCUT2D eigenvalue weighted by molar-refractivity contribution is 0.338. The number of hydrogen-bond acceptors (Lipinski definition) is 0. The Kier molecular flexibility index (Phi) is 20.3. The second-order valence-corrected chi connectivity index (χ2v) is 9.02. The monoisotopic (exact) mass is 352 g/mol. The summed E-state index contributed by atoms with van der Waals surface area (Å²) in [5.74, 6) is 1.90. The zero-order valence-electron chi connectivity index (χ0n) is 18.6. The molecule has 0 radical (unpaired) electrons. The Hall–Kier alpha value is 0. The molecule has 0 nitrogen and oxygen atoms in total. The summed E-state index contributed by atoms with van der Waals surface area (Å²) < 4.78 is 0. The maximum Gasteiger partial charge on any atom is -0.0412 e. The Balaban J connectivity index is 3.58. The van der Waals surface area contributed by atoms with Gasteiger partial charge in [-0.15, -0.1) is 0 Å². The summed E-state index contributed by atoms with van der Waals surface area (Å²) in [5, 5.41) is 0. The maximum absolute atomic E-state index is 2.41. The SMILES string of the molecule is CCCCCCCCCCC(CCCCCCCCCC)CC(C)C. The smallest absolute Gasteiger partial charge is 0.0412 e. The van der Waals surface area contributed by atoms with Crippen molar-refractivity contribution in [2.24, 2.45) is 11.8 Å². The Morgan fingerprint density at radius 1 is 0.440 bits per heavy atom. The molecule has 0 amide bonds. The van der Waals surface area contributed by atoms with Gasteiger partial charge in [-0.05, 0) is 18.3 Å². The van der Waals surface area contributed by atoms with Gasteiger partial charge in [0.15, 0.2) is 0 Å². The van der Waals surface area contributed by atoms with Crippen LogP contribution in [0.4, 0.5) is 0 Å². The van der Waals surface area contributed by atoms with Crippen LogP contribution in [0.25, 0.3) is 0 Å². The summed E-state index contributed by atoms with van der Waals surface area (Å²) in [4.78, 5) is 0. The molecule has 0 saturated carbocycles. The van der Waals surface area contributed by atoms with Gasteiger partial charge in [-0.3, -0.25) is 0 Å². The van der Waals surface area contributed by atoms with Gasteiger partial charge in [0.05, 0.1) is 0 Å². The van der Waals surface area contributed by atoms with Gasteiger partial charge in [0, 0.05) is 0 Å². The van der Waals surface area contributed by atoms with Gasteiger partial charge in [-0.1, -0.05) is 143 Å². The average Bonchev–Trinajstić information content (AvgIpc) is 2.58. The van der Waals surface area contributed by atoms with Gasteiger partial charge in [-0.25, -0.2) is 0 Å². The molecule has 0 aromatic heterocycles. The van der Waals surface area contributed by atoms with Crippen molar-refractivity contribution in [3.63, 3.8) is 0 Å². The van der Waals surface area contributed by atoms with Crippen molar-refractivity contribution in [2.45, 2.75) is 150 Å². The number of unbranched alkanes of at least 4 members (excludes halogenated alkanes) is 14. The normalized spacial score (nSPS) is 11.8. The van der Waals surface area contributed by atoms with Crippen LogP contribution < -0.4 is 0 Å². The molecule has 152 valence electrons. The van der Waals surface area contributed by atoms with Crippen LogP contribution in [0.2, 0.25) is 0 Å². The lowest BCUT2D eigenvalue weighted by atomic mass is 9.87. The van der Waals surface area contributed by atoms with Crippen molar-refractivity contribution in [3.8, 4) is 0 Å². The molecule has 25 heavy (non-hydrogen) atoms. The van der Waals surface area contributed by atoms with Crippen molar-refractivity contribution in [1.29, 1.82) is 0 Å². The fourth-order valence-electron chi connectivity index (χ4n) is 4.18. The van der Waals surface area contributed by atoms with Crippen LogP contribution in [-0.4, -0.2) is 0 Å². The molecule has 0 spiro atoms. The van der Waals surface area contributed by atoms with Crippen molar-refractivity contribution < 1.29 is 0 Å². The third-order valence-electron chi connectivity index (χ3n) is 5.74. The minimum absolute atomic E-state index is 0.882. The fraction of sp³-hybridized carbons (Fsp3) is 1.00. The molecule has 0 heteroatoms. The minimum atomic E-state index is 0.882. The minimum Gasteiger partial charge on any atom is -0.0654 e. The summed E-state index contributed by atoms with van der Waals surface area (Å²) in [5.41, 5.74) is 0. The number of rotatable bonds is 20. The highest BCUT2D eigenvalue weighted by Gasteiger charge is 2.10. The van der Waals surface area contributed by atoms with E-state index in [1.54, 1.807) is 0 Å². The van der Waals surface area contributed by atoms with E-state index in [1.165, 1.54) is 122 Å². The Labute approximate surface area is 161 Å². The predicted octanol–water partition coefficient (Wildman–Crippen LogP) is 9.71. The van der Waals surface area contributed by atoms with Crippen molar-refractivity contribution in [1.82, 2.24) is 0 Å². The van der Waals surface area contributed by atoms with Crippen molar-refractivity contribution in [2.75, 3.05) is 0 Å². The first kappa shape index (κ1) is 25.0. The zero-order valence-corrected chi connectivity index (χ0v) is 18.6. The molecule has 0 saturated heterocycles. The standard InChI is InChI=1S/C25H52/c1-5-7-9-11-13-15-17-19-21-25(23-24(3)4)22-20-18-16-14-12-10-8-6-2/h24-25H,5-23H2,1-4H3. The first-order valence-electron chi connectivity index (χ1n) is 12.2. The summed E-state index contributed by atoms with van der Waals surface area (Å²) >= 11 is 0. The van der Waals surface area contributed by atoms with Gasteiger partial charge >= 0.3 is 0 Å². The maximum atomic E-state index is 2.41. The molecule has 0 bridgehead atoms. The second kappa shape index (κ2) is 20.3. The summed E-state index contributed by atoms with van der Waals surface area (Å²) in [6.45, 7) is 9.44. The van der Waals surface area contributed by atoms with Crippen LogP contribution in [0, 0.1) is 11.8 Å². The summed E-state index contributed by atoms with van der Waals surface area (Å²) in [6, 6.07) is 0. The van der Waals surface area contributed by atoms with Gasteiger partial charge < -0.3 is 0 Å². The second-order valence-electron chi connectivity index (χ2n) is 9.02. The zero-order chi connectivity index (χ0) is 18.6. The first-order chi connectivity index (χ1) is 12.2. The Morgan fingerprint density at radius 3 is 1.08 bits per heavy atom. The van der Waals surface area contributed by atoms with E-state index >= 15 is 0 Å². The van der Waals surface area contributed by atoms with Gasteiger partial charge in [-0.2, -0.15) is 0 Å². The number of hydrogen-bond donors (Lipinski definition) is 0. The van der Waals surface area contributed by atoms with E-state index < -0.39 is 0 Å². The third-order valence-corrected chi connectivity index (χ3v) is 5.74. The Morgan fingerprint density at radius 2 is 0.760 bits per heavy atom. The van der Waals surface area contributed by atoms with Crippen LogP contribution in [-0.2, 0) is 0 Å². The predicted molar refractivity (Wildman–Crippen MR) is 117 cm³/mol. The molecule has 0 aliphatic rings. The molecule has 0 aliphatic heterocycles. The first-order valence-corrected chi connectivity index (χ1v) is 12.2. The molecular weight excluding hydrogens is 300 g/mol. The van der Waals surface area contributed by atoms with E-state index in [0.717, 1.165) is 11.8 Å². The van der Waals surface area contributed by atoms with Crippen LogP contribution >= 0.6 is 0 Å². The Bertz CT molecular complexity index is 210. The van der Waals surface area contributed by atoms with E-state index in [1.807, 2.05) is 0 Å². The summed E-state index contributed by atoms with van der Waals surface area (Å²) in [6.07, 6.45) is 27.8. The van der Waals surface area contributed by atoms with E-state index in [9.17, 15) is 0 Å². The van der Waals surface area contributed by atoms with E-state index in [4.69, 9.17) is 0 Å². The molecule has 0 atom stereocenters. The lowest BCUT2D eigenvalue weighted by Gasteiger charge is -2.19. The molecule has 0 heterocycles. The van der Waals surface area contributed by atoms with E-state index in [0.29, 0.717) is 0 Å². The van der Waals surface area contributed by atoms with Crippen molar-refractivity contribution in [3.05, 3.63) is 0 Å². The van der Waals surface area contributed by atoms with Gasteiger partial charge in [0.2, 0.25) is 0 Å². The van der Waals surface area contributed by atoms with E-state index in [-0.39, 0.29) is 0 Å². The third kappa shape index (κ3) is 20.2. The molecule has 0 fully saturated rings. The lowest BCUT2D eigenvalue weighted by Crippen LogP contribution is -2.05. The largest absolute Gasteiger partial charge is 0.0654 e. The van der Waals surface area contributed by atoms with Crippen molar-refractivity contribution >= 4 is 0 Å². The topological polar surface area (TPSA) is 0 Å². The molecule has 0 rings (SSSR count). The molecular formula is C25H52. The average molecular weight is 353 g/mol. The van der Waals surface area contributed by atoms with Crippen LogP contribution in [0.5, 0.6) is 0 Å². The molecule has 0 aromatic carbocycles. The quantitative estimate of drug-likeness (QED) is 0.191. The van der Waals surface area contributed by atoms with Gasteiger partial charge in [0.1, 0.15) is 0 Å². The van der Waals surface area contributed by atoms with Crippen LogP contribution in [0.3, 0.4) is 0 Å². The van der Waals surface area contributed by atoms with Crippen LogP contribution in [0.15, 0.2) is 0 Å². The molecule has 0 aromatic rings. The molecule has 0 aliphatic carbocycles. The van der Waals surface area contributed by atoms with Gasteiger partial charge in [0.25, 0.3) is 0 Å². The molecule has 0 N–H and O–H groups in total. The molecule has 0 unspecified atom stereocenters.